The van der Waals surface area contributed by atoms with Gasteiger partial charge in [-0.05, 0) is 0 Å². The molecule has 0 aromatic heterocycles. The smallest absolute Gasteiger partial charge is 0 e. The van der Waals surface area contributed by atoms with Crippen LogP contribution in [0.25, 0.3) is 0 Å². The monoisotopic (exact) mass is 581 g/mol. The van der Waals surface area contributed by atoms with Crippen molar-refractivity contribution in [3.63, 3.8) is 0 Å². The van der Waals surface area contributed by atoms with Crippen LogP contribution in [0.15, 0.2) is 0 Å². The summed E-state index contributed by atoms with van der Waals surface area (Å²) in [6.07, 6.45) is 0. The molecule has 0 aromatic rings. The summed E-state index contributed by atoms with van der Waals surface area (Å²) in [7, 11) is 0. The Morgan fingerprint density at radius 1 is 0.500 bits per heavy atom. The third kappa shape index (κ3) is 9.16. The van der Waals surface area contributed by atoms with Crippen LogP contribution in [0.5, 0.6) is 0 Å². The minimum atomic E-state index is 0. The van der Waals surface area contributed by atoms with Crippen LogP contribution in [0.4, 0.5) is 0 Å². The first kappa shape index (κ1) is 25.5. The van der Waals surface area contributed by atoms with Gasteiger partial charge in [0.2, 0.25) is 0 Å². The standard InChI is InChI=1S/3In.Np. The Bertz CT molecular complexity index is 3.25. The molecule has 0 aliphatic rings. The topological polar surface area (TPSA) is 0 Å². The summed E-state index contributed by atoms with van der Waals surface area (Å²) in [6.45, 7) is 0. The second-order valence-electron chi connectivity index (χ2n) is 0. The molecule has 0 aliphatic carbocycles. The largest absolute Gasteiger partial charge is 0 e. The molecule has 0 bridgehead atoms. The van der Waals surface area contributed by atoms with E-state index < -0.39 is 0 Å². The van der Waals surface area contributed by atoms with Crippen LogP contribution in [-0.2, 0) is 0 Å². The molecule has 10 radical (unpaired) electrons. The van der Waals surface area contributed by atoms with Crippen LogP contribution in [0.1, 0.15) is 0 Å². The van der Waals surface area contributed by atoms with E-state index in [4.69, 9.17) is 0 Å². The van der Waals surface area contributed by atoms with Crippen molar-refractivity contribution in [3.8, 4) is 0 Å². The number of rotatable bonds is 0. The van der Waals surface area contributed by atoms with Crippen molar-refractivity contribution < 1.29 is 29.9 Å². The van der Waals surface area contributed by atoms with Crippen LogP contribution >= 0.6 is 0 Å². The molecule has 4 heteroatoms. The van der Waals surface area contributed by atoms with Gasteiger partial charge in [0, 0.05) is 107 Å². The zero-order chi connectivity index (χ0) is 0. The molecule has 0 rings (SSSR count). The van der Waals surface area contributed by atoms with Crippen molar-refractivity contribution in [1.29, 1.82) is 0 Å². The zero-order valence-electron chi connectivity index (χ0n) is 2.18. The Labute approximate surface area is 105 Å². The van der Waals surface area contributed by atoms with Crippen LogP contribution in [0.2, 0.25) is 0 Å². The number of hydrogen-bond donors (Lipinski definition) is 0. The van der Waals surface area contributed by atoms with E-state index >= 15 is 0 Å². The van der Waals surface area contributed by atoms with Crippen molar-refractivity contribution in [2.24, 2.45) is 0 Å². The first-order valence-electron chi connectivity index (χ1n) is 0. The average molecular weight is 581 g/mol. The van der Waals surface area contributed by atoms with Gasteiger partial charge in [0.1, 0.15) is 0 Å². The normalized spacial score (nSPS) is 0. The molecule has 0 saturated carbocycles. The van der Waals surface area contributed by atoms with Gasteiger partial charge in [0.05, 0.1) is 0 Å². The van der Waals surface area contributed by atoms with Gasteiger partial charge in [-0.25, -0.2) is 0 Å². The van der Waals surface area contributed by atoms with Gasteiger partial charge in [-0.2, -0.15) is 0 Å². The van der Waals surface area contributed by atoms with E-state index in [0.717, 1.165) is 0 Å². The molecule has 4 heavy (non-hydrogen) atoms. The second kappa shape index (κ2) is 16.0. The quantitative estimate of drug-likeness (QED) is 0.340. The Morgan fingerprint density at radius 3 is 0.500 bits per heavy atom. The predicted octanol–water partition coefficient (Wildman–Crippen LogP) is -1.14. The maximum absolute atomic E-state index is 0. The molecular formula is In3Np. The van der Waals surface area contributed by atoms with Crippen LogP contribution in [0.3, 0.4) is 0 Å². The van der Waals surface area contributed by atoms with Crippen LogP contribution < -0.4 is 0 Å². The Hall–Kier alpha value is 3.62. The third-order valence-corrected chi connectivity index (χ3v) is 0. The van der Waals surface area contributed by atoms with Crippen molar-refractivity contribution in [2.45, 2.75) is 0 Å². The molecule has 0 fully saturated rings. The summed E-state index contributed by atoms with van der Waals surface area (Å²) in [6, 6.07) is 0. The molecule has 0 N–H and O–H groups in total. The summed E-state index contributed by atoms with van der Waals surface area (Å²) in [5.74, 6) is 0. The Morgan fingerprint density at radius 2 is 0.500 bits per heavy atom. The molecule has 0 heterocycles. The third-order valence-electron chi connectivity index (χ3n) is 0. The molecule has 0 aromatic carbocycles. The van der Waals surface area contributed by atoms with Gasteiger partial charge in [0.25, 0.3) is 0 Å². The van der Waals surface area contributed by atoms with E-state index in [1.165, 1.54) is 0 Å². The molecule has 14 valence electrons. The number of hydrogen-bond acceptors (Lipinski definition) is 0. The summed E-state index contributed by atoms with van der Waals surface area (Å²) < 4.78 is 0. The molecule has 0 amide bonds. The molecule has 0 nitrogen and oxygen atoms in total. The first-order chi connectivity index (χ1) is 0. The summed E-state index contributed by atoms with van der Waals surface area (Å²) in [5.41, 5.74) is 0. The summed E-state index contributed by atoms with van der Waals surface area (Å²) in [5, 5.41) is 0. The minimum absolute atomic E-state index is 0. The molecule has 0 aliphatic heterocycles. The molecular weight excluding hydrogens is 581 g/mol. The maximum atomic E-state index is 0. The Balaban J connectivity index is 0. The predicted molar refractivity (Wildman–Crippen MR) is 17.3 cm³/mol. The summed E-state index contributed by atoms with van der Waals surface area (Å²) in [4.78, 5) is 0. The SMILES string of the molecule is [In].[In].[In].[Np]. The van der Waals surface area contributed by atoms with Crippen molar-refractivity contribution in [2.75, 3.05) is 0 Å². The molecule has 0 saturated heterocycles. The van der Waals surface area contributed by atoms with Crippen LogP contribution in [0, 0.1) is 29.9 Å². The Kier molecular flexibility index (Phi) is 102. The average Bonchev–Trinajstić information content (AvgIpc) is 0. The fourth-order valence-corrected chi connectivity index (χ4v) is 0. The first-order valence-corrected chi connectivity index (χ1v) is 0. The van der Waals surface area contributed by atoms with E-state index in [0.29, 0.717) is 0 Å². The van der Waals surface area contributed by atoms with Gasteiger partial charge in [0.15, 0.2) is 0 Å². The van der Waals surface area contributed by atoms with Gasteiger partial charge < -0.3 is 0 Å². The molecule has 0 atom stereocenters. The van der Waals surface area contributed by atoms with Crippen molar-refractivity contribution >= 4 is 77.5 Å². The van der Waals surface area contributed by atoms with Crippen molar-refractivity contribution in [3.05, 3.63) is 0 Å². The van der Waals surface area contributed by atoms with E-state index in [1.54, 1.807) is 0 Å². The van der Waals surface area contributed by atoms with E-state index in [9.17, 15) is 0 Å². The fraction of sp³-hybridized carbons (Fsp3) is 0. The summed E-state index contributed by atoms with van der Waals surface area (Å²) >= 11 is 0. The van der Waals surface area contributed by atoms with E-state index in [2.05, 4.69) is 0 Å². The minimum Gasteiger partial charge on any atom is 0 e. The van der Waals surface area contributed by atoms with Gasteiger partial charge in [-0.15, -0.1) is 0 Å². The second-order valence-corrected chi connectivity index (χ2v) is 0. The van der Waals surface area contributed by atoms with E-state index in [1.807, 2.05) is 0 Å². The molecule has 0 unspecified atom stereocenters. The van der Waals surface area contributed by atoms with Gasteiger partial charge in [-0.1, -0.05) is 0 Å². The maximum Gasteiger partial charge on any atom is 0 e. The van der Waals surface area contributed by atoms with Crippen molar-refractivity contribution in [1.82, 2.24) is 0 Å². The fourth-order valence-electron chi connectivity index (χ4n) is 0. The van der Waals surface area contributed by atoms with Gasteiger partial charge in [-0.3, -0.25) is 0 Å². The van der Waals surface area contributed by atoms with E-state index in [-0.39, 0.29) is 107 Å². The molecule has 0 spiro atoms. The van der Waals surface area contributed by atoms with Gasteiger partial charge >= 0.3 is 0 Å². The zero-order valence-corrected chi connectivity index (χ0v) is 15.8. The van der Waals surface area contributed by atoms with Crippen LogP contribution in [-0.4, -0.2) is 77.5 Å².